The number of morpholine rings is 1. The quantitative estimate of drug-likeness (QED) is 0.816. The predicted octanol–water partition coefficient (Wildman–Crippen LogP) is 2.98. The van der Waals surface area contributed by atoms with E-state index in [4.69, 9.17) is 9.72 Å². The standard InChI is InChI=1S/C22H28N4O2/c1-17-19(22(27)25-11-13-28-14-12-25)15-23-21(24-17)20-9-5-6-10-26(20)16-18-7-3-2-4-8-18/h2-4,7-8,15,20H,5-6,9-14,16H2,1H3. The molecule has 1 aromatic carbocycles. The molecule has 2 aromatic rings. The number of benzene rings is 1. The first kappa shape index (κ1) is 19.0. The number of piperidine rings is 1. The molecule has 2 saturated heterocycles. The Morgan fingerprint density at radius 2 is 1.93 bits per heavy atom. The number of rotatable bonds is 4. The van der Waals surface area contributed by atoms with Gasteiger partial charge in [0, 0.05) is 25.8 Å². The highest BCUT2D eigenvalue weighted by molar-refractivity contribution is 5.95. The fraction of sp³-hybridized carbons (Fsp3) is 0.500. The number of hydrogen-bond donors (Lipinski definition) is 0. The summed E-state index contributed by atoms with van der Waals surface area (Å²) in [6.45, 7) is 6.34. The van der Waals surface area contributed by atoms with Crippen LogP contribution in [0.15, 0.2) is 36.5 Å². The van der Waals surface area contributed by atoms with Crippen molar-refractivity contribution in [2.24, 2.45) is 0 Å². The number of aromatic nitrogens is 2. The molecule has 0 N–H and O–H groups in total. The summed E-state index contributed by atoms with van der Waals surface area (Å²) in [5, 5.41) is 0. The summed E-state index contributed by atoms with van der Waals surface area (Å²) in [6.07, 6.45) is 5.18. The van der Waals surface area contributed by atoms with Crippen LogP contribution in [0.25, 0.3) is 0 Å². The lowest BCUT2D eigenvalue weighted by Gasteiger charge is -2.35. The van der Waals surface area contributed by atoms with E-state index in [9.17, 15) is 4.79 Å². The van der Waals surface area contributed by atoms with E-state index in [1.165, 1.54) is 18.4 Å². The minimum absolute atomic E-state index is 0.0112. The summed E-state index contributed by atoms with van der Waals surface area (Å²) in [7, 11) is 0. The van der Waals surface area contributed by atoms with Crippen LogP contribution in [-0.4, -0.2) is 58.5 Å². The van der Waals surface area contributed by atoms with Crippen molar-refractivity contribution in [3.63, 3.8) is 0 Å². The van der Waals surface area contributed by atoms with Crippen LogP contribution < -0.4 is 0 Å². The summed E-state index contributed by atoms with van der Waals surface area (Å²) in [5.41, 5.74) is 2.69. The molecule has 6 nitrogen and oxygen atoms in total. The predicted molar refractivity (Wildman–Crippen MR) is 107 cm³/mol. The molecule has 2 aliphatic heterocycles. The average Bonchev–Trinajstić information content (AvgIpc) is 2.75. The van der Waals surface area contributed by atoms with Crippen molar-refractivity contribution in [3.8, 4) is 0 Å². The molecule has 1 unspecified atom stereocenters. The Hall–Kier alpha value is -2.31. The van der Waals surface area contributed by atoms with Gasteiger partial charge in [0.1, 0.15) is 5.82 Å². The second-order valence-electron chi connectivity index (χ2n) is 7.60. The van der Waals surface area contributed by atoms with Gasteiger partial charge in [0.15, 0.2) is 0 Å². The lowest BCUT2D eigenvalue weighted by Crippen LogP contribution is -2.41. The molecule has 3 heterocycles. The third-order valence-corrected chi connectivity index (χ3v) is 5.67. The number of aryl methyl sites for hydroxylation is 1. The van der Waals surface area contributed by atoms with E-state index in [2.05, 4.69) is 34.1 Å². The molecule has 1 atom stereocenters. The van der Waals surface area contributed by atoms with Crippen LogP contribution in [0.2, 0.25) is 0 Å². The summed E-state index contributed by atoms with van der Waals surface area (Å²) >= 11 is 0. The van der Waals surface area contributed by atoms with Gasteiger partial charge in [-0.3, -0.25) is 9.69 Å². The highest BCUT2D eigenvalue weighted by Crippen LogP contribution is 2.30. The molecule has 28 heavy (non-hydrogen) atoms. The molecule has 148 valence electrons. The van der Waals surface area contributed by atoms with Crippen LogP contribution in [0.4, 0.5) is 0 Å². The lowest BCUT2D eigenvalue weighted by molar-refractivity contribution is 0.0301. The van der Waals surface area contributed by atoms with Crippen molar-refractivity contribution in [2.75, 3.05) is 32.8 Å². The number of hydrogen-bond acceptors (Lipinski definition) is 5. The molecule has 0 aliphatic carbocycles. The zero-order valence-electron chi connectivity index (χ0n) is 16.5. The first-order valence-corrected chi connectivity index (χ1v) is 10.2. The highest BCUT2D eigenvalue weighted by atomic mass is 16.5. The maximum Gasteiger partial charge on any atom is 0.257 e. The van der Waals surface area contributed by atoms with Gasteiger partial charge < -0.3 is 9.64 Å². The number of nitrogens with zero attached hydrogens (tertiary/aromatic N) is 4. The zero-order chi connectivity index (χ0) is 19.3. The van der Waals surface area contributed by atoms with Crippen LogP contribution >= 0.6 is 0 Å². The number of carbonyl (C=O) groups excluding carboxylic acids is 1. The molecule has 1 aromatic heterocycles. The fourth-order valence-electron chi connectivity index (χ4n) is 4.08. The largest absolute Gasteiger partial charge is 0.378 e. The summed E-state index contributed by atoms with van der Waals surface area (Å²) < 4.78 is 5.34. The van der Waals surface area contributed by atoms with Gasteiger partial charge in [0.05, 0.1) is 30.5 Å². The van der Waals surface area contributed by atoms with Gasteiger partial charge in [-0.25, -0.2) is 9.97 Å². The van der Waals surface area contributed by atoms with E-state index in [1.54, 1.807) is 6.20 Å². The Labute approximate surface area is 166 Å². The van der Waals surface area contributed by atoms with Gasteiger partial charge in [-0.05, 0) is 31.9 Å². The van der Waals surface area contributed by atoms with Crippen LogP contribution in [0.3, 0.4) is 0 Å². The minimum Gasteiger partial charge on any atom is -0.378 e. The molecule has 2 aliphatic rings. The Kier molecular flexibility index (Phi) is 5.98. The van der Waals surface area contributed by atoms with Crippen LogP contribution in [0.1, 0.15) is 52.7 Å². The van der Waals surface area contributed by atoms with Gasteiger partial charge in [-0.1, -0.05) is 36.8 Å². The SMILES string of the molecule is Cc1nc(C2CCCCN2Cc2ccccc2)ncc1C(=O)N1CCOCC1. The van der Waals surface area contributed by atoms with Crippen molar-refractivity contribution in [1.82, 2.24) is 19.8 Å². The van der Waals surface area contributed by atoms with Crippen molar-refractivity contribution in [1.29, 1.82) is 0 Å². The van der Waals surface area contributed by atoms with Crippen LogP contribution in [0.5, 0.6) is 0 Å². The fourth-order valence-corrected chi connectivity index (χ4v) is 4.08. The third-order valence-electron chi connectivity index (χ3n) is 5.67. The van der Waals surface area contributed by atoms with E-state index in [0.717, 1.165) is 31.0 Å². The molecule has 4 rings (SSSR count). The minimum atomic E-state index is 0.0112. The van der Waals surface area contributed by atoms with Gasteiger partial charge in [-0.15, -0.1) is 0 Å². The lowest BCUT2D eigenvalue weighted by atomic mass is 10.00. The maximum absolute atomic E-state index is 12.8. The van der Waals surface area contributed by atoms with Crippen molar-refractivity contribution in [3.05, 3.63) is 59.2 Å². The topological polar surface area (TPSA) is 58.6 Å². The van der Waals surface area contributed by atoms with E-state index in [0.29, 0.717) is 31.9 Å². The first-order chi connectivity index (χ1) is 13.7. The van der Waals surface area contributed by atoms with E-state index >= 15 is 0 Å². The van der Waals surface area contributed by atoms with Crippen LogP contribution in [-0.2, 0) is 11.3 Å². The monoisotopic (exact) mass is 380 g/mol. The Balaban J connectivity index is 1.52. The molecule has 0 saturated carbocycles. The second-order valence-corrected chi connectivity index (χ2v) is 7.60. The molecular formula is C22H28N4O2. The van der Waals surface area contributed by atoms with Gasteiger partial charge in [0.25, 0.3) is 5.91 Å². The third kappa shape index (κ3) is 4.23. The molecule has 0 spiro atoms. The number of carbonyl (C=O) groups is 1. The molecule has 1 amide bonds. The maximum atomic E-state index is 12.8. The molecule has 0 radical (unpaired) electrons. The smallest absolute Gasteiger partial charge is 0.257 e. The van der Waals surface area contributed by atoms with Gasteiger partial charge in [-0.2, -0.15) is 0 Å². The normalized spacial score (nSPS) is 20.9. The number of ether oxygens (including phenoxy) is 1. The Morgan fingerprint density at radius 3 is 2.68 bits per heavy atom. The second kappa shape index (κ2) is 8.80. The van der Waals surface area contributed by atoms with E-state index in [-0.39, 0.29) is 11.9 Å². The number of likely N-dealkylation sites (tertiary alicyclic amines) is 1. The number of amides is 1. The Morgan fingerprint density at radius 1 is 1.14 bits per heavy atom. The van der Waals surface area contributed by atoms with Crippen molar-refractivity contribution >= 4 is 5.91 Å². The van der Waals surface area contributed by atoms with Crippen molar-refractivity contribution in [2.45, 2.75) is 38.8 Å². The van der Waals surface area contributed by atoms with E-state index in [1.807, 2.05) is 17.9 Å². The first-order valence-electron chi connectivity index (χ1n) is 10.2. The van der Waals surface area contributed by atoms with Gasteiger partial charge in [0.2, 0.25) is 0 Å². The average molecular weight is 380 g/mol. The molecule has 0 bridgehead atoms. The molecule has 6 heteroatoms. The summed E-state index contributed by atoms with van der Waals surface area (Å²) in [6, 6.07) is 10.8. The summed E-state index contributed by atoms with van der Waals surface area (Å²) in [4.78, 5) is 26.5. The van der Waals surface area contributed by atoms with Crippen LogP contribution in [0, 0.1) is 6.92 Å². The Bertz CT molecular complexity index is 805. The molecular weight excluding hydrogens is 352 g/mol. The molecule has 2 fully saturated rings. The zero-order valence-corrected chi connectivity index (χ0v) is 16.5. The highest BCUT2D eigenvalue weighted by Gasteiger charge is 2.28. The van der Waals surface area contributed by atoms with Gasteiger partial charge >= 0.3 is 0 Å². The van der Waals surface area contributed by atoms with E-state index < -0.39 is 0 Å². The van der Waals surface area contributed by atoms with Crippen molar-refractivity contribution < 1.29 is 9.53 Å². The summed E-state index contributed by atoms with van der Waals surface area (Å²) in [5.74, 6) is 0.851.